The van der Waals surface area contributed by atoms with Crippen LogP contribution in [0.4, 0.5) is 0 Å². The smallest absolute Gasteiger partial charge is 0.306 e. The van der Waals surface area contributed by atoms with E-state index >= 15 is 0 Å². The Morgan fingerprint density at radius 2 is 1.86 bits per heavy atom. The molecule has 3 atom stereocenters. The van der Waals surface area contributed by atoms with Crippen LogP contribution in [0.1, 0.15) is 27.2 Å². The minimum absolute atomic E-state index is 0.136. The molecule has 0 radical (unpaired) electrons. The van der Waals surface area contributed by atoms with Gasteiger partial charge < -0.3 is 15.5 Å². The Bertz CT molecular complexity index is 217. The van der Waals surface area contributed by atoms with Crippen molar-refractivity contribution in [2.75, 3.05) is 0 Å². The zero-order valence-corrected chi connectivity index (χ0v) is 8.65. The molecular formula is C9H17NO4. The first kappa shape index (κ1) is 12.9. The number of carboxylic acid groups (broad SMARTS) is 1. The molecule has 5 nitrogen and oxygen atoms in total. The van der Waals surface area contributed by atoms with Crippen LogP contribution in [0.5, 0.6) is 0 Å². The number of carbonyl (C=O) groups excluding carboxylic acids is 1. The highest BCUT2D eigenvalue weighted by atomic mass is 16.4. The summed E-state index contributed by atoms with van der Waals surface area (Å²) in [6.07, 6.45) is -0.693. The maximum absolute atomic E-state index is 10.6. The van der Waals surface area contributed by atoms with Gasteiger partial charge in [0.2, 0.25) is 5.91 Å². The lowest BCUT2D eigenvalue weighted by molar-refractivity contribution is -0.142. The van der Waals surface area contributed by atoms with Crippen molar-refractivity contribution in [3.05, 3.63) is 0 Å². The summed E-state index contributed by atoms with van der Waals surface area (Å²) < 4.78 is 0. The monoisotopic (exact) mass is 203 g/mol. The molecule has 0 aliphatic rings. The normalized spacial score (nSPS) is 16.9. The Kier molecular flexibility index (Phi) is 5.15. The molecule has 3 N–H and O–H groups in total. The van der Waals surface area contributed by atoms with E-state index in [1.165, 1.54) is 13.8 Å². The van der Waals surface area contributed by atoms with Crippen LogP contribution in [0, 0.1) is 5.92 Å². The van der Waals surface area contributed by atoms with Crippen molar-refractivity contribution in [2.45, 2.75) is 39.3 Å². The van der Waals surface area contributed by atoms with Gasteiger partial charge in [-0.2, -0.15) is 0 Å². The molecule has 0 aromatic heterocycles. The third-order valence-corrected chi connectivity index (χ3v) is 2.02. The standard InChI is InChI=1S/C9H17NO4/c1-5(9(13)14)4-8(12)6(2)10-7(3)11/h5-6,8,12H,4H2,1-3H3,(H,10,11)(H,13,14). The SMILES string of the molecule is CC(=O)NC(C)C(O)CC(C)C(=O)O. The number of hydrogen-bond donors (Lipinski definition) is 3. The minimum atomic E-state index is -0.945. The molecule has 82 valence electrons. The van der Waals surface area contributed by atoms with Crippen LogP contribution in [0.3, 0.4) is 0 Å². The maximum atomic E-state index is 10.6. The van der Waals surface area contributed by atoms with Gasteiger partial charge in [-0.25, -0.2) is 0 Å². The summed E-state index contributed by atoms with van der Waals surface area (Å²) in [6, 6.07) is -0.422. The van der Waals surface area contributed by atoms with Crippen molar-refractivity contribution in [1.29, 1.82) is 0 Å². The molecule has 0 aliphatic carbocycles. The number of aliphatic hydroxyl groups excluding tert-OH is 1. The third-order valence-electron chi connectivity index (χ3n) is 2.02. The second kappa shape index (κ2) is 5.59. The van der Waals surface area contributed by atoms with Crippen molar-refractivity contribution < 1.29 is 19.8 Å². The van der Waals surface area contributed by atoms with Gasteiger partial charge in [0, 0.05) is 6.92 Å². The fourth-order valence-corrected chi connectivity index (χ4v) is 1.08. The lowest BCUT2D eigenvalue weighted by Crippen LogP contribution is -2.41. The summed E-state index contributed by atoms with van der Waals surface area (Å²) in [4.78, 5) is 21.1. The van der Waals surface area contributed by atoms with E-state index in [9.17, 15) is 14.7 Å². The molecular weight excluding hydrogens is 186 g/mol. The van der Waals surface area contributed by atoms with Gasteiger partial charge in [0.05, 0.1) is 18.1 Å². The summed E-state index contributed by atoms with van der Waals surface area (Å²) >= 11 is 0. The van der Waals surface area contributed by atoms with Crippen LogP contribution in [-0.4, -0.2) is 34.2 Å². The first-order valence-electron chi connectivity index (χ1n) is 4.52. The fourth-order valence-electron chi connectivity index (χ4n) is 1.08. The zero-order chi connectivity index (χ0) is 11.3. The molecule has 0 aromatic carbocycles. The predicted octanol–water partition coefficient (Wildman–Crippen LogP) is -0.0173. The van der Waals surface area contributed by atoms with Gasteiger partial charge in [0.15, 0.2) is 0 Å². The molecule has 0 aliphatic heterocycles. The summed E-state index contributed by atoms with van der Waals surface area (Å²) in [6.45, 7) is 4.51. The van der Waals surface area contributed by atoms with Crippen LogP contribution in [0.15, 0.2) is 0 Å². The van der Waals surface area contributed by atoms with Gasteiger partial charge in [0.1, 0.15) is 0 Å². The van der Waals surface area contributed by atoms with E-state index in [-0.39, 0.29) is 12.3 Å². The minimum Gasteiger partial charge on any atom is -0.481 e. The Morgan fingerprint density at radius 3 is 2.21 bits per heavy atom. The largest absolute Gasteiger partial charge is 0.481 e. The van der Waals surface area contributed by atoms with Crippen molar-refractivity contribution in [3.63, 3.8) is 0 Å². The summed E-state index contributed by atoms with van der Waals surface area (Å²) in [5, 5.41) is 20.6. The summed E-state index contributed by atoms with van der Waals surface area (Å²) in [5.74, 6) is -1.79. The molecule has 3 unspecified atom stereocenters. The maximum Gasteiger partial charge on any atom is 0.306 e. The van der Waals surface area contributed by atoms with Crippen molar-refractivity contribution in [2.24, 2.45) is 5.92 Å². The van der Waals surface area contributed by atoms with E-state index in [2.05, 4.69) is 5.32 Å². The van der Waals surface area contributed by atoms with Crippen molar-refractivity contribution in [1.82, 2.24) is 5.32 Å². The summed E-state index contributed by atoms with van der Waals surface area (Å²) in [7, 11) is 0. The zero-order valence-electron chi connectivity index (χ0n) is 8.65. The van der Waals surface area contributed by atoms with Gasteiger partial charge in [-0.3, -0.25) is 9.59 Å². The Balaban J connectivity index is 4.00. The van der Waals surface area contributed by atoms with Crippen LogP contribution < -0.4 is 5.32 Å². The van der Waals surface area contributed by atoms with E-state index < -0.39 is 24.0 Å². The van der Waals surface area contributed by atoms with E-state index in [0.29, 0.717) is 0 Å². The van der Waals surface area contributed by atoms with Gasteiger partial charge in [0.25, 0.3) is 0 Å². The highest BCUT2D eigenvalue weighted by Gasteiger charge is 2.21. The first-order valence-corrected chi connectivity index (χ1v) is 4.52. The number of carboxylic acids is 1. The lowest BCUT2D eigenvalue weighted by Gasteiger charge is -2.20. The molecule has 0 heterocycles. The van der Waals surface area contributed by atoms with Gasteiger partial charge in [-0.1, -0.05) is 6.92 Å². The molecule has 14 heavy (non-hydrogen) atoms. The highest BCUT2D eigenvalue weighted by molar-refractivity contribution is 5.73. The number of rotatable bonds is 5. The highest BCUT2D eigenvalue weighted by Crippen LogP contribution is 2.09. The van der Waals surface area contributed by atoms with Crippen molar-refractivity contribution >= 4 is 11.9 Å². The Labute approximate surface area is 83.1 Å². The molecule has 0 spiro atoms. The average Bonchev–Trinajstić information content (AvgIpc) is 2.02. The Hall–Kier alpha value is -1.10. The molecule has 1 amide bonds. The van der Waals surface area contributed by atoms with Gasteiger partial charge in [-0.15, -0.1) is 0 Å². The molecule has 0 aromatic rings. The number of carbonyl (C=O) groups is 2. The fraction of sp³-hybridized carbons (Fsp3) is 0.778. The molecule has 0 rings (SSSR count). The number of nitrogens with one attached hydrogen (secondary N) is 1. The second-order valence-corrected chi connectivity index (χ2v) is 3.53. The summed E-state index contributed by atoms with van der Waals surface area (Å²) in [5.41, 5.74) is 0. The van der Waals surface area contributed by atoms with Crippen molar-refractivity contribution in [3.8, 4) is 0 Å². The molecule has 5 heteroatoms. The second-order valence-electron chi connectivity index (χ2n) is 3.53. The number of aliphatic hydroxyl groups is 1. The third kappa shape index (κ3) is 4.81. The van der Waals surface area contributed by atoms with Crippen LogP contribution >= 0.6 is 0 Å². The number of hydrogen-bond acceptors (Lipinski definition) is 3. The molecule has 0 fully saturated rings. The van der Waals surface area contributed by atoms with Crippen LogP contribution in [0.2, 0.25) is 0 Å². The Morgan fingerprint density at radius 1 is 1.36 bits per heavy atom. The first-order chi connectivity index (χ1) is 6.34. The van der Waals surface area contributed by atoms with Crippen LogP contribution in [0.25, 0.3) is 0 Å². The number of aliphatic carboxylic acids is 1. The van der Waals surface area contributed by atoms with E-state index in [4.69, 9.17) is 5.11 Å². The van der Waals surface area contributed by atoms with E-state index in [1.807, 2.05) is 0 Å². The van der Waals surface area contributed by atoms with Crippen LogP contribution in [-0.2, 0) is 9.59 Å². The molecule has 0 saturated carbocycles. The lowest BCUT2D eigenvalue weighted by atomic mass is 10.00. The predicted molar refractivity (Wildman–Crippen MR) is 50.7 cm³/mol. The molecule has 0 saturated heterocycles. The number of amides is 1. The quantitative estimate of drug-likeness (QED) is 0.586. The molecule has 0 bridgehead atoms. The topological polar surface area (TPSA) is 86.6 Å². The average molecular weight is 203 g/mol. The van der Waals surface area contributed by atoms with E-state index in [0.717, 1.165) is 0 Å². The van der Waals surface area contributed by atoms with Gasteiger partial charge in [-0.05, 0) is 13.3 Å². The van der Waals surface area contributed by atoms with Gasteiger partial charge >= 0.3 is 5.97 Å². The van der Waals surface area contributed by atoms with E-state index in [1.54, 1.807) is 6.92 Å².